The van der Waals surface area contributed by atoms with Gasteiger partial charge >= 0.3 is 0 Å². The van der Waals surface area contributed by atoms with Gasteiger partial charge in [-0.3, -0.25) is 0 Å². The first-order chi connectivity index (χ1) is 14.3. The Hall–Kier alpha value is -2.23. The summed E-state index contributed by atoms with van der Waals surface area (Å²) in [7, 11) is -0.625. The van der Waals surface area contributed by atoms with Crippen LogP contribution in [0.1, 0.15) is 0 Å². The zero-order valence-electron chi connectivity index (χ0n) is 16.5. The molecule has 0 radical (unpaired) electrons. The van der Waals surface area contributed by atoms with Gasteiger partial charge < -0.3 is 33.1 Å². The zero-order chi connectivity index (χ0) is 21.9. The predicted octanol–water partition coefficient (Wildman–Crippen LogP) is 3.43. The molecule has 3 aromatic rings. The fourth-order valence-corrected chi connectivity index (χ4v) is 4.58. The maximum Gasteiger partial charge on any atom is 0.203 e. The Morgan fingerprint density at radius 3 is 2.13 bits per heavy atom. The van der Waals surface area contributed by atoms with Crippen LogP contribution in [0.4, 0.5) is 0 Å². The fraction of sp³-hybridized carbons (Fsp3) is 0.211. The second kappa shape index (κ2) is 9.28. The van der Waals surface area contributed by atoms with Crippen LogP contribution in [0.3, 0.4) is 0 Å². The molecule has 11 heteroatoms. The largest absolute Gasteiger partial charge is 0.780 e. The first-order valence-corrected chi connectivity index (χ1v) is 12.0. The molecule has 0 aliphatic heterocycles. The molecular weight excluding hydrogens is 449 g/mol. The minimum absolute atomic E-state index is 0.0182. The number of thioether (sulfide) groups is 1. The van der Waals surface area contributed by atoms with E-state index in [0.717, 1.165) is 11.1 Å². The van der Waals surface area contributed by atoms with E-state index in [4.69, 9.17) is 14.2 Å². The molecule has 0 saturated carbocycles. The Bertz CT molecular complexity index is 1070. The van der Waals surface area contributed by atoms with E-state index in [1.54, 1.807) is 24.5 Å². The number of hydrogen-bond acceptors (Lipinski definition) is 10. The number of phosphoric ester groups is 1. The predicted molar refractivity (Wildman–Crippen MR) is 113 cm³/mol. The van der Waals surface area contributed by atoms with E-state index in [1.165, 1.54) is 50.7 Å². The van der Waals surface area contributed by atoms with E-state index in [1.807, 2.05) is 11.4 Å². The van der Waals surface area contributed by atoms with E-state index >= 15 is 0 Å². The molecular formula is C19H18NO7PS2-2. The monoisotopic (exact) mass is 467 g/mol. The van der Waals surface area contributed by atoms with Gasteiger partial charge in [0.05, 0.1) is 27.0 Å². The van der Waals surface area contributed by atoms with Crippen molar-refractivity contribution in [3.63, 3.8) is 0 Å². The maximum atomic E-state index is 11.1. The number of nitrogens with zero attached hydrogens (tertiary/aromatic N) is 1. The SMILES string of the molecule is COc1cc(-c2nscc2-c2ccc(SC)c(OP(=O)([O-])[O-])c2)cc(OC)c1OC. The van der Waals surface area contributed by atoms with Crippen LogP contribution < -0.4 is 28.5 Å². The van der Waals surface area contributed by atoms with E-state index in [2.05, 4.69) is 8.90 Å². The van der Waals surface area contributed by atoms with Gasteiger partial charge in [-0.1, -0.05) is 6.07 Å². The van der Waals surface area contributed by atoms with Gasteiger partial charge in [0.25, 0.3) is 0 Å². The summed E-state index contributed by atoms with van der Waals surface area (Å²) in [6.45, 7) is 0. The van der Waals surface area contributed by atoms with Gasteiger partial charge in [-0.25, -0.2) is 0 Å². The van der Waals surface area contributed by atoms with E-state index in [9.17, 15) is 14.4 Å². The molecule has 1 aromatic heterocycles. The molecule has 0 saturated heterocycles. The molecule has 2 aromatic carbocycles. The fourth-order valence-electron chi connectivity index (χ4n) is 2.90. The number of hydrogen-bond donors (Lipinski definition) is 0. The van der Waals surface area contributed by atoms with Crippen molar-refractivity contribution in [3.8, 4) is 45.4 Å². The van der Waals surface area contributed by atoms with Crippen molar-refractivity contribution in [2.45, 2.75) is 4.90 Å². The Morgan fingerprint density at radius 1 is 0.967 bits per heavy atom. The second-order valence-corrected chi connectivity index (χ2v) is 8.45. The summed E-state index contributed by atoms with van der Waals surface area (Å²) in [5.41, 5.74) is 2.73. The highest BCUT2D eigenvalue weighted by atomic mass is 32.2. The molecule has 0 amide bonds. The first kappa shape index (κ1) is 22.5. The Labute approximate surface area is 182 Å². The lowest BCUT2D eigenvalue weighted by Crippen LogP contribution is -2.18. The summed E-state index contributed by atoms with van der Waals surface area (Å²) in [4.78, 5) is 22.8. The van der Waals surface area contributed by atoms with Gasteiger partial charge in [-0.05, 0) is 47.6 Å². The molecule has 0 unspecified atom stereocenters. The normalized spacial score (nSPS) is 11.3. The van der Waals surface area contributed by atoms with Gasteiger partial charge in [0.1, 0.15) is 13.6 Å². The lowest BCUT2D eigenvalue weighted by atomic mass is 10.0. The molecule has 0 spiro atoms. The summed E-state index contributed by atoms with van der Waals surface area (Å²) in [5.74, 6) is 1.40. The zero-order valence-corrected chi connectivity index (χ0v) is 19.1. The van der Waals surface area contributed by atoms with Crippen LogP contribution in [-0.4, -0.2) is 32.0 Å². The van der Waals surface area contributed by atoms with Gasteiger partial charge in [-0.15, -0.1) is 11.8 Å². The van der Waals surface area contributed by atoms with Crippen molar-refractivity contribution in [1.29, 1.82) is 0 Å². The minimum atomic E-state index is -5.20. The van der Waals surface area contributed by atoms with E-state index in [0.29, 0.717) is 33.4 Å². The van der Waals surface area contributed by atoms with Crippen LogP contribution >= 0.6 is 31.1 Å². The summed E-state index contributed by atoms with van der Waals surface area (Å²) in [5, 5.41) is 1.82. The Kier molecular flexibility index (Phi) is 6.95. The van der Waals surface area contributed by atoms with Gasteiger partial charge in [-0.2, -0.15) is 4.37 Å². The smallest absolute Gasteiger partial charge is 0.203 e. The van der Waals surface area contributed by atoms with Crippen molar-refractivity contribution >= 4 is 31.1 Å². The highest BCUT2D eigenvalue weighted by molar-refractivity contribution is 7.98. The van der Waals surface area contributed by atoms with Crippen LogP contribution in [0.5, 0.6) is 23.0 Å². The minimum Gasteiger partial charge on any atom is -0.780 e. The third-order valence-corrected chi connectivity index (χ3v) is 6.02. The van der Waals surface area contributed by atoms with E-state index in [-0.39, 0.29) is 5.75 Å². The average Bonchev–Trinajstić information content (AvgIpc) is 3.21. The molecule has 160 valence electrons. The topological polar surface area (TPSA) is 113 Å². The highest BCUT2D eigenvalue weighted by Crippen LogP contribution is 2.45. The molecule has 0 N–H and O–H groups in total. The van der Waals surface area contributed by atoms with Crippen LogP contribution in [0.15, 0.2) is 40.6 Å². The Balaban J connectivity index is 2.13. The van der Waals surface area contributed by atoms with Crippen molar-refractivity contribution < 1.29 is 33.1 Å². The summed E-state index contributed by atoms with van der Waals surface area (Å²) >= 11 is 2.51. The molecule has 3 rings (SSSR count). The van der Waals surface area contributed by atoms with Crippen molar-refractivity contribution in [2.75, 3.05) is 27.6 Å². The van der Waals surface area contributed by atoms with Gasteiger partial charge in [0.15, 0.2) is 11.5 Å². The highest BCUT2D eigenvalue weighted by Gasteiger charge is 2.19. The molecule has 30 heavy (non-hydrogen) atoms. The van der Waals surface area contributed by atoms with E-state index < -0.39 is 7.82 Å². The standard InChI is InChI=1S/C19H20NO7PS2/c1-24-15-8-12(9-16(25-2)19(15)26-3)18-13(10-30-20-18)11-5-6-17(29-4)14(7-11)27-28(21,22)23/h5-10H,1-4H3,(H2,21,22,23)/p-2. The number of ether oxygens (including phenoxy) is 3. The van der Waals surface area contributed by atoms with Crippen molar-refractivity contribution in [3.05, 3.63) is 35.7 Å². The number of rotatable bonds is 8. The summed E-state index contributed by atoms with van der Waals surface area (Å²) in [6.07, 6.45) is 1.76. The molecule has 0 aliphatic rings. The Morgan fingerprint density at radius 2 is 1.60 bits per heavy atom. The summed E-state index contributed by atoms with van der Waals surface area (Å²) < 4.78 is 36.5. The lowest BCUT2D eigenvalue weighted by molar-refractivity contribution is -0.333. The molecule has 0 atom stereocenters. The second-order valence-electron chi connectivity index (χ2n) is 5.89. The van der Waals surface area contributed by atoms with Crippen LogP contribution in [0.2, 0.25) is 0 Å². The number of benzene rings is 2. The van der Waals surface area contributed by atoms with Crippen LogP contribution in [0, 0.1) is 0 Å². The summed E-state index contributed by atoms with van der Waals surface area (Å²) in [6, 6.07) is 8.57. The first-order valence-electron chi connectivity index (χ1n) is 8.46. The van der Waals surface area contributed by atoms with Crippen molar-refractivity contribution in [2.24, 2.45) is 0 Å². The molecule has 0 fully saturated rings. The third-order valence-electron chi connectivity index (χ3n) is 4.19. The van der Waals surface area contributed by atoms with Gasteiger partial charge in [0, 0.05) is 21.4 Å². The number of aromatic nitrogens is 1. The van der Waals surface area contributed by atoms with Gasteiger partial charge in [0.2, 0.25) is 5.75 Å². The third kappa shape index (κ3) is 4.74. The van der Waals surface area contributed by atoms with Crippen molar-refractivity contribution in [1.82, 2.24) is 4.37 Å². The van der Waals surface area contributed by atoms with Crippen LogP contribution in [0.25, 0.3) is 22.4 Å². The number of methoxy groups -OCH3 is 3. The molecule has 0 aliphatic carbocycles. The quantitative estimate of drug-likeness (QED) is 0.363. The van der Waals surface area contributed by atoms with Crippen LogP contribution in [-0.2, 0) is 4.57 Å². The molecule has 1 heterocycles. The maximum absolute atomic E-state index is 11.1. The molecule has 0 bridgehead atoms. The molecule has 8 nitrogen and oxygen atoms in total. The average molecular weight is 467 g/mol. The number of phosphoric acid groups is 1. The lowest BCUT2D eigenvalue weighted by Gasteiger charge is -2.30.